The second kappa shape index (κ2) is 9.49. The van der Waals surface area contributed by atoms with Crippen molar-refractivity contribution in [3.05, 3.63) is 79.0 Å². The monoisotopic (exact) mass is 417 g/mol. The van der Waals surface area contributed by atoms with Gasteiger partial charge in [0.25, 0.3) is 0 Å². The number of halogens is 1. The van der Waals surface area contributed by atoms with E-state index in [4.69, 9.17) is 9.72 Å². The molecule has 31 heavy (non-hydrogen) atoms. The maximum Gasteiger partial charge on any atom is 0.227 e. The summed E-state index contributed by atoms with van der Waals surface area (Å²) >= 11 is 0. The Labute approximate surface area is 180 Å². The maximum atomic E-state index is 13.5. The lowest BCUT2D eigenvalue weighted by atomic mass is 10.1. The molecule has 6 nitrogen and oxygen atoms in total. The van der Waals surface area contributed by atoms with E-state index in [-0.39, 0.29) is 11.9 Å². The summed E-state index contributed by atoms with van der Waals surface area (Å²) in [5.41, 5.74) is 4.02. The van der Waals surface area contributed by atoms with Crippen LogP contribution in [0.5, 0.6) is 0 Å². The number of benzene rings is 2. The first-order chi connectivity index (χ1) is 15.2. The van der Waals surface area contributed by atoms with Crippen LogP contribution in [-0.2, 0) is 4.74 Å². The number of anilines is 2. The quantitative estimate of drug-likeness (QED) is 0.411. The molecular formula is C24H24FN5O. The van der Waals surface area contributed by atoms with E-state index >= 15 is 0 Å². The van der Waals surface area contributed by atoms with Gasteiger partial charge in [0, 0.05) is 24.6 Å². The normalized spacial score (nSPS) is 12.0. The molecule has 0 fully saturated rings. The van der Waals surface area contributed by atoms with E-state index in [1.807, 2.05) is 36.4 Å². The van der Waals surface area contributed by atoms with Crippen molar-refractivity contribution in [2.24, 2.45) is 0 Å². The van der Waals surface area contributed by atoms with Crippen molar-refractivity contribution in [3.8, 4) is 22.6 Å². The Morgan fingerprint density at radius 1 is 1.03 bits per heavy atom. The molecule has 0 aliphatic carbocycles. The third-order valence-corrected chi connectivity index (χ3v) is 5.06. The Bertz CT molecular complexity index is 1130. The molecule has 1 unspecified atom stereocenters. The van der Waals surface area contributed by atoms with Crippen LogP contribution in [0.4, 0.5) is 16.0 Å². The van der Waals surface area contributed by atoms with Crippen LogP contribution >= 0.6 is 0 Å². The maximum absolute atomic E-state index is 13.5. The Kier molecular flexibility index (Phi) is 6.33. The molecule has 0 bridgehead atoms. The van der Waals surface area contributed by atoms with Gasteiger partial charge in [-0.15, -0.1) is 0 Å². The van der Waals surface area contributed by atoms with Crippen LogP contribution in [0, 0.1) is 5.82 Å². The van der Waals surface area contributed by atoms with Crippen molar-refractivity contribution in [1.29, 1.82) is 0 Å². The Balaban J connectivity index is 1.80. The van der Waals surface area contributed by atoms with Gasteiger partial charge in [-0.05, 0) is 48.9 Å². The predicted molar refractivity (Wildman–Crippen MR) is 120 cm³/mol. The van der Waals surface area contributed by atoms with Crippen LogP contribution < -0.4 is 5.32 Å². The van der Waals surface area contributed by atoms with Crippen LogP contribution in [0.1, 0.15) is 19.4 Å². The van der Waals surface area contributed by atoms with Gasteiger partial charge >= 0.3 is 0 Å². The summed E-state index contributed by atoms with van der Waals surface area (Å²) in [6.45, 7) is 2.65. The largest absolute Gasteiger partial charge is 0.383 e. The Morgan fingerprint density at radius 2 is 1.81 bits per heavy atom. The highest BCUT2D eigenvalue weighted by Gasteiger charge is 2.21. The van der Waals surface area contributed by atoms with E-state index in [9.17, 15) is 4.39 Å². The van der Waals surface area contributed by atoms with Crippen molar-refractivity contribution in [1.82, 2.24) is 19.5 Å². The highest BCUT2D eigenvalue weighted by atomic mass is 19.1. The molecule has 0 saturated carbocycles. The highest BCUT2D eigenvalue weighted by Crippen LogP contribution is 2.33. The van der Waals surface area contributed by atoms with Gasteiger partial charge < -0.3 is 14.6 Å². The third kappa shape index (κ3) is 4.62. The van der Waals surface area contributed by atoms with Gasteiger partial charge in [-0.3, -0.25) is 0 Å². The molecule has 2 aromatic carbocycles. The number of aromatic nitrogens is 4. The van der Waals surface area contributed by atoms with E-state index in [0.29, 0.717) is 12.6 Å². The average molecular weight is 417 g/mol. The number of nitrogens with zero attached hydrogens (tertiary/aromatic N) is 4. The van der Waals surface area contributed by atoms with E-state index in [2.05, 4.69) is 26.8 Å². The van der Waals surface area contributed by atoms with Gasteiger partial charge in [0.1, 0.15) is 5.82 Å². The number of imidazole rings is 1. The first-order valence-electron chi connectivity index (χ1n) is 10.2. The van der Waals surface area contributed by atoms with Gasteiger partial charge in [-0.25, -0.2) is 19.3 Å². The summed E-state index contributed by atoms with van der Waals surface area (Å²) in [5.74, 6) is 0.202. The minimum absolute atomic E-state index is 0.0854. The van der Waals surface area contributed by atoms with Crippen LogP contribution in [0.25, 0.3) is 22.6 Å². The molecule has 0 aliphatic heterocycles. The summed E-state index contributed by atoms with van der Waals surface area (Å²) in [4.78, 5) is 13.8. The molecule has 158 valence electrons. The van der Waals surface area contributed by atoms with Gasteiger partial charge in [-0.2, -0.15) is 0 Å². The first kappa shape index (κ1) is 20.7. The lowest BCUT2D eigenvalue weighted by molar-refractivity contribution is 0.153. The van der Waals surface area contributed by atoms with Crippen LogP contribution in [-0.4, -0.2) is 33.2 Å². The smallest absolute Gasteiger partial charge is 0.227 e. The van der Waals surface area contributed by atoms with Crippen molar-refractivity contribution < 1.29 is 9.13 Å². The molecule has 4 aromatic rings. The molecule has 0 saturated heterocycles. The van der Waals surface area contributed by atoms with Crippen molar-refractivity contribution in [2.45, 2.75) is 19.4 Å². The zero-order valence-corrected chi connectivity index (χ0v) is 17.5. The number of methoxy groups -OCH3 is 1. The summed E-state index contributed by atoms with van der Waals surface area (Å²) in [7, 11) is 1.69. The van der Waals surface area contributed by atoms with Gasteiger partial charge in [0.05, 0.1) is 36.1 Å². The minimum atomic E-state index is -0.285. The van der Waals surface area contributed by atoms with Gasteiger partial charge in [-0.1, -0.05) is 25.1 Å². The van der Waals surface area contributed by atoms with Crippen LogP contribution in [0.3, 0.4) is 0 Å². The molecule has 0 aliphatic rings. The predicted octanol–water partition coefficient (Wildman–Crippen LogP) is 5.49. The lowest BCUT2D eigenvalue weighted by Crippen LogP contribution is -2.14. The molecular weight excluding hydrogens is 393 g/mol. The number of para-hydroxylation sites is 1. The van der Waals surface area contributed by atoms with Crippen LogP contribution in [0.2, 0.25) is 0 Å². The molecule has 2 heterocycles. The molecule has 0 amide bonds. The molecule has 1 N–H and O–H groups in total. The van der Waals surface area contributed by atoms with Gasteiger partial charge in [0.2, 0.25) is 5.95 Å². The van der Waals surface area contributed by atoms with Crippen LogP contribution in [0.15, 0.2) is 73.2 Å². The summed E-state index contributed by atoms with van der Waals surface area (Å²) in [5, 5.41) is 3.23. The SMILES string of the molecule is CCC(COC)n1cnc(-c2ccc(F)cc2)c1-c1ccnc(Nc2ccccc2)n1. The highest BCUT2D eigenvalue weighted by molar-refractivity contribution is 5.77. The third-order valence-electron chi connectivity index (χ3n) is 5.06. The zero-order chi connectivity index (χ0) is 21.6. The van der Waals surface area contributed by atoms with E-state index < -0.39 is 0 Å². The van der Waals surface area contributed by atoms with E-state index in [1.54, 1.807) is 31.8 Å². The number of nitrogens with one attached hydrogen (secondary N) is 1. The van der Waals surface area contributed by atoms with E-state index in [0.717, 1.165) is 34.8 Å². The number of hydrogen-bond acceptors (Lipinski definition) is 5. The molecule has 7 heteroatoms. The summed E-state index contributed by atoms with van der Waals surface area (Å²) in [6.07, 6.45) is 4.38. The Morgan fingerprint density at radius 3 is 2.52 bits per heavy atom. The minimum Gasteiger partial charge on any atom is -0.383 e. The second-order valence-electron chi connectivity index (χ2n) is 7.13. The number of ether oxygens (including phenoxy) is 1. The van der Waals surface area contributed by atoms with E-state index in [1.165, 1.54) is 12.1 Å². The fourth-order valence-electron chi connectivity index (χ4n) is 3.50. The molecule has 1 atom stereocenters. The number of hydrogen-bond donors (Lipinski definition) is 1. The van der Waals surface area contributed by atoms with Crippen molar-refractivity contribution in [3.63, 3.8) is 0 Å². The van der Waals surface area contributed by atoms with Gasteiger partial charge in [0.15, 0.2) is 0 Å². The van der Waals surface area contributed by atoms with Crippen molar-refractivity contribution in [2.75, 3.05) is 19.0 Å². The fourth-order valence-corrected chi connectivity index (χ4v) is 3.50. The first-order valence-corrected chi connectivity index (χ1v) is 10.2. The average Bonchev–Trinajstić information content (AvgIpc) is 3.24. The van der Waals surface area contributed by atoms with Crippen molar-refractivity contribution >= 4 is 11.6 Å². The summed E-state index contributed by atoms with van der Waals surface area (Å²) < 4.78 is 21.0. The molecule has 2 aromatic heterocycles. The zero-order valence-electron chi connectivity index (χ0n) is 17.5. The topological polar surface area (TPSA) is 64.9 Å². The summed E-state index contributed by atoms with van der Waals surface area (Å²) in [6, 6.07) is 18.0. The number of rotatable bonds is 8. The Hall–Kier alpha value is -3.58. The molecule has 4 rings (SSSR count). The standard InChI is InChI=1S/C24H24FN5O/c1-3-20(15-31-2)30-16-27-22(17-9-11-18(25)12-10-17)23(30)21-13-14-26-24(29-21)28-19-7-5-4-6-8-19/h4-14,16,20H,3,15H2,1-2H3,(H,26,28,29). The fraction of sp³-hybridized carbons (Fsp3) is 0.208. The molecule has 0 radical (unpaired) electrons. The lowest BCUT2D eigenvalue weighted by Gasteiger charge is -2.19. The second-order valence-corrected chi connectivity index (χ2v) is 7.13. The molecule has 0 spiro atoms.